The van der Waals surface area contributed by atoms with E-state index in [4.69, 9.17) is 10.2 Å². The molecule has 0 aliphatic heterocycles. The highest BCUT2D eigenvalue weighted by atomic mass is 32.1. The van der Waals surface area contributed by atoms with Gasteiger partial charge in [-0.2, -0.15) is 0 Å². The molecule has 20 heavy (non-hydrogen) atoms. The molecule has 3 aromatic rings. The van der Waals surface area contributed by atoms with Crippen molar-refractivity contribution in [2.45, 2.75) is 33.1 Å². The molecule has 4 heteroatoms. The fourth-order valence-corrected chi connectivity index (χ4v) is 4.30. The monoisotopic (exact) mass is 284 g/mol. The molecular formula is C16H16N2OS. The van der Waals surface area contributed by atoms with Crippen LogP contribution >= 0.6 is 11.3 Å². The van der Waals surface area contributed by atoms with Gasteiger partial charge < -0.3 is 10.2 Å². The molecule has 1 aliphatic rings. The SMILES string of the molecule is Cc1cc(C)c2oc(-c3c(N)sc4c3CCC4)nc2c1. The predicted octanol–water partition coefficient (Wildman–Crippen LogP) is 4.24. The van der Waals surface area contributed by atoms with Gasteiger partial charge in [-0.1, -0.05) is 6.07 Å². The molecule has 3 nitrogen and oxygen atoms in total. The molecule has 2 aromatic heterocycles. The first kappa shape index (κ1) is 12.0. The van der Waals surface area contributed by atoms with Crippen LogP contribution in [0.1, 0.15) is 28.0 Å². The van der Waals surface area contributed by atoms with E-state index in [0.717, 1.165) is 40.1 Å². The molecular weight excluding hydrogens is 268 g/mol. The van der Waals surface area contributed by atoms with Gasteiger partial charge in [0, 0.05) is 4.88 Å². The Balaban J connectivity index is 1.97. The molecule has 102 valence electrons. The number of oxazole rings is 1. The average Bonchev–Trinajstić information content (AvgIpc) is 3.02. The minimum absolute atomic E-state index is 0.686. The van der Waals surface area contributed by atoms with Crippen molar-refractivity contribution in [2.75, 3.05) is 5.73 Å². The van der Waals surface area contributed by atoms with E-state index in [2.05, 4.69) is 31.0 Å². The number of nitrogens with two attached hydrogens (primary N) is 1. The van der Waals surface area contributed by atoms with Crippen LogP contribution in [0.3, 0.4) is 0 Å². The van der Waals surface area contributed by atoms with E-state index in [0.29, 0.717) is 5.89 Å². The first-order valence-corrected chi connectivity index (χ1v) is 7.73. The number of thiophene rings is 1. The van der Waals surface area contributed by atoms with Crippen molar-refractivity contribution in [3.63, 3.8) is 0 Å². The summed E-state index contributed by atoms with van der Waals surface area (Å²) in [7, 11) is 0. The van der Waals surface area contributed by atoms with Gasteiger partial charge in [0.05, 0.1) is 10.6 Å². The first-order valence-electron chi connectivity index (χ1n) is 6.91. The fraction of sp³-hybridized carbons (Fsp3) is 0.312. The number of nitrogen functional groups attached to an aromatic ring is 1. The predicted molar refractivity (Wildman–Crippen MR) is 83.2 cm³/mol. The van der Waals surface area contributed by atoms with Gasteiger partial charge in [-0.15, -0.1) is 11.3 Å². The van der Waals surface area contributed by atoms with Gasteiger partial charge in [0.2, 0.25) is 5.89 Å². The maximum Gasteiger partial charge on any atom is 0.230 e. The molecule has 0 unspecified atom stereocenters. The number of benzene rings is 1. The lowest BCUT2D eigenvalue weighted by atomic mass is 10.1. The summed E-state index contributed by atoms with van der Waals surface area (Å²) in [4.78, 5) is 6.09. The summed E-state index contributed by atoms with van der Waals surface area (Å²) >= 11 is 1.69. The molecule has 0 bridgehead atoms. The summed E-state index contributed by atoms with van der Waals surface area (Å²) < 4.78 is 6.02. The number of aryl methyl sites for hydroxylation is 3. The number of nitrogens with zero attached hydrogens (tertiary/aromatic N) is 1. The zero-order valence-electron chi connectivity index (χ0n) is 11.6. The third-order valence-electron chi connectivity index (χ3n) is 3.98. The molecule has 2 N–H and O–H groups in total. The van der Waals surface area contributed by atoms with Crippen molar-refractivity contribution >= 4 is 27.4 Å². The van der Waals surface area contributed by atoms with Crippen LogP contribution in [-0.4, -0.2) is 4.98 Å². The van der Waals surface area contributed by atoms with Crippen molar-refractivity contribution in [2.24, 2.45) is 0 Å². The molecule has 0 radical (unpaired) electrons. The summed E-state index contributed by atoms with van der Waals surface area (Å²) in [5.41, 5.74) is 12.7. The second kappa shape index (κ2) is 4.09. The van der Waals surface area contributed by atoms with Crippen LogP contribution < -0.4 is 5.73 Å². The van der Waals surface area contributed by atoms with Crippen molar-refractivity contribution < 1.29 is 4.42 Å². The number of aromatic nitrogens is 1. The van der Waals surface area contributed by atoms with Gasteiger partial charge in [-0.3, -0.25) is 0 Å². The molecule has 0 amide bonds. The van der Waals surface area contributed by atoms with Crippen LogP contribution in [0.25, 0.3) is 22.6 Å². The summed E-state index contributed by atoms with van der Waals surface area (Å²) in [5, 5.41) is 0.843. The molecule has 2 heterocycles. The van der Waals surface area contributed by atoms with E-state index in [9.17, 15) is 0 Å². The molecule has 0 saturated carbocycles. The Bertz CT molecular complexity index is 829. The number of fused-ring (bicyclic) bond motifs is 2. The second-order valence-electron chi connectivity index (χ2n) is 5.55. The van der Waals surface area contributed by atoms with Gasteiger partial charge in [0.15, 0.2) is 5.58 Å². The average molecular weight is 284 g/mol. The summed E-state index contributed by atoms with van der Waals surface area (Å²) in [6, 6.07) is 4.19. The number of rotatable bonds is 1. The standard InChI is InChI=1S/C16H16N2OS/c1-8-6-9(2)14-11(7-8)18-16(19-14)13-10-4-3-5-12(10)20-15(13)17/h6-7H,3-5,17H2,1-2H3. The maximum atomic E-state index is 6.19. The number of anilines is 1. The molecule has 4 rings (SSSR count). The highest BCUT2D eigenvalue weighted by Gasteiger charge is 2.25. The highest BCUT2D eigenvalue weighted by molar-refractivity contribution is 7.16. The van der Waals surface area contributed by atoms with Crippen molar-refractivity contribution in [3.05, 3.63) is 33.7 Å². The first-order chi connectivity index (χ1) is 9.63. The summed E-state index contributed by atoms with van der Waals surface area (Å²) in [6.07, 6.45) is 3.45. The maximum absolute atomic E-state index is 6.19. The lowest BCUT2D eigenvalue weighted by Gasteiger charge is -1.97. The Kier molecular flexibility index (Phi) is 2.45. The minimum Gasteiger partial charge on any atom is -0.436 e. The van der Waals surface area contributed by atoms with Crippen LogP contribution in [0.2, 0.25) is 0 Å². The van der Waals surface area contributed by atoms with Crippen LogP contribution in [0.15, 0.2) is 16.5 Å². The number of hydrogen-bond acceptors (Lipinski definition) is 4. The molecule has 1 aromatic carbocycles. The van der Waals surface area contributed by atoms with Gasteiger partial charge in [-0.05, 0) is 55.9 Å². The minimum atomic E-state index is 0.686. The van der Waals surface area contributed by atoms with Gasteiger partial charge in [0.25, 0.3) is 0 Å². The van der Waals surface area contributed by atoms with E-state index in [1.807, 2.05) is 0 Å². The normalized spacial score (nSPS) is 14.1. The van der Waals surface area contributed by atoms with E-state index in [1.165, 1.54) is 22.4 Å². The Labute approximate surface area is 121 Å². The summed E-state index contributed by atoms with van der Waals surface area (Å²) in [6.45, 7) is 4.14. The lowest BCUT2D eigenvalue weighted by Crippen LogP contribution is -1.88. The van der Waals surface area contributed by atoms with Gasteiger partial charge >= 0.3 is 0 Å². The Hall–Kier alpha value is -1.81. The van der Waals surface area contributed by atoms with E-state index >= 15 is 0 Å². The summed E-state index contributed by atoms with van der Waals surface area (Å²) in [5.74, 6) is 0.686. The number of hydrogen-bond donors (Lipinski definition) is 1. The van der Waals surface area contributed by atoms with Crippen LogP contribution in [0.5, 0.6) is 0 Å². The van der Waals surface area contributed by atoms with E-state index in [-0.39, 0.29) is 0 Å². The Morgan fingerprint density at radius 3 is 2.95 bits per heavy atom. The van der Waals surface area contributed by atoms with Crippen LogP contribution in [0.4, 0.5) is 5.00 Å². The highest BCUT2D eigenvalue weighted by Crippen LogP contribution is 2.43. The molecule has 0 fully saturated rings. The van der Waals surface area contributed by atoms with Gasteiger partial charge in [0.1, 0.15) is 5.52 Å². The molecule has 0 atom stereocenters. The van der Waals surface area contributed by atoms with Crippen molar-refractivity contribution in [1.29, 1.82) is 0 Å². The largest absolute Gasteiger partial charge is 0.436 e. The van der Waals surface area contributed by atoms with Crippen LogP contribution in [0, 0.1) is 13.8 Å². The zero-order chi connectivity index (χ0) is 13.9. The molecule has 1 aliphatic carbocycles. The lowest BCUT2D eigenvalue weighted by molar-refractivity contribution is 0.617. The Morgan fingerprint density at radius 2 is 2.10 bits per heavy atom. The Morgan fingerprint density at radius 1 is 1.25 bits per heavy atom. The molecule has 0 spiro atoms. The van der Waals surface area contributed by atoms with Crippen molar-refractivity contribution in [3.8, 4) is 11.5 Å². The second-order valence-corrected chi connectivity index (χ2v) is 6.68. The fourth-order valence-electron chi connectivity index (χ4n) is 3.14. The topological polar surface area (TPSA) is 52.0 Å². The van der Waals surface area contributed by atoms with E-state index in [1.54, 1.807) is 11.3 Å². The quantitative estimate of drug-likeness (QED) is 0.727. The van der Waals surface area contributed by atoms with Crippen molar-refractivity contribution in [1.82, 2.24) is 4.98 Å². The zero-order valence-corrected chi connectivity index (χ0v) is 12.4. The smallest absolute Gasteiger partial charge is 0.230 e. The third kappa shape index (κ3) is 1.61. The molecule has 0 saturated heterocycles. The third-order valence-corrected chi connectivity index (χ3v) is 5.10. The van der Waals surface area contributed by atoms with E-state index < -0.39 is 0 Å². The van der Waals surface area contributed by atoms with Crippen LogP contribution in [-0.2, 0) is 12.8 Å². The van der Waals surface area contributed by atoms with Gasteiger partial charge in [-0.25, -0.2) is 4.98 Å².